The lowest BCUT2D eigenvalue weighted by Crippen LogP contribution is -2.34. The number of esters is 1. The van der Waals surface area contributed by atoms with E-state index in [0.717, 1.165) is 0 Å². The van der Waals surface area contributed by atoms with E-state index in [1.165, 1.54) is 18.2 Å². The Morgan fingerprint density at radius 1 is 1.22 bits per heavy atom. The maximum absolute atomic E-state index is 13.6. The number of benzene rings is 2. The van der Waals surface area contributed by atoms with Crippen molar-refractivity contribution in [2.75, 3.05) is 13.2 Å². The Labute approximate surface area is 137 Å². The van der Waals surface area contributed by atoms with Gasteiger partial charge in [0.15, 0.2) is 17.6 Å². The number of hydrogen-bond acceptors (Lipinski definition) is 4. The van der Waals surface area contributed by atoms with Crippen LogP contribution in [0.1, 0.15) is 5.56 Å². The van der Waals surface area contributed by atoms with Crippen LogP contribution >= 0.6 is 11.6 Å². The lowest BCUT2D eigenvalue weighted by molar-refractivity contribution is -0.146. The van der Waals surface area contributed by atoms with Crippen molar-refractivity contribution in [1.82, 2.24) is 0 Å². The largest absolute Gasteiger partial charge is 0.486 e. The Morgan fingerprint density at radius 3 is 2.78 bits per heavy atom. The minimum atomic E-state index is -0.570. The smallest absolute Gasteiger partial charge is 0.310 e. The summed E-state index contributed by atoms with van der Waals surface area (Å²) in [5, 5.41) is 0.202. The zero-order valence-electron chi connectivity index (χ0n) is 12.1. The van der Waals surface area contributed by atoms with Crippen LogP contribution in [0.3, 0.4) is 0 Å². The monoisotopic (exact) mass is 336 g/mol. The molecule has 0 fully saturated rings. The highest BCUT2D eigenvalue weighted by Crippen LogP contribution is 2.30. The molecule has 0 spiro atoms. The van der Waals surface area contributed by atoms with E-state index in [9.17, 15) is 9.18 Å². The number of ether oxygens (including phenoxy) is 3. The van der Waals surface area contributed by atoms with Crippen LogP contribution in [0.5, 0.6) is 11.5 Å². The van der Waals surface area contributed by atoms with Crippen LogP contribution in [0.25, 0.3) is 0 Å². The van der Waals surface area contributed by atoms with Crippen molar-refractivity contribution in [3.8, 4) is 11.5 Å². The van der Waals surface area contributed by atoms with Gasteiger partial charge in [0.05, 0.1) is 6.42 Å². The summed E-state index contributed by atoms with van der Waals surface area (Å²) >= 11 is 5.89. The van der Waals surface area contributed by atoms with Gasteiger partial charge in [-0.2, -0.15) is 0 Å². The summed E-state index contributed by atoms with van der Waals surface area (Å²) in [5.74, 6) is 0.172. The average Bonchev–Trinajstić information content (AvgIpc) is 2.56. The summed E-state index contributed by atoms with van der Waals surface area (Å²) in [7, 11) is 0. The zero-order chi connectivity index (χ0) is 16.2. The molecular weight excluding hydrogens is 323 g/mol. The Morgan fingerprint density at radius 2 is 2.00 bits per heavy atom. The number of para-hydroxylation sites is 2. The minimum Gasteiger partial charge on any atom is -0.486 e. The van der Waals surface area contributed by atoms with E-state index in [0.29, 0.717) is 11.5 Å². The second-order valence-electron chi connectivity index (χ2n) is 5.06. The van der Waals surface area contributed by atoms with Crippen LogP contribution < -0.4 is 9.47 Å². The van der Waals surface area contributed by atoms with Crippen LogP contribution in [0.4, 0.5) is 4.39 Å². The normalized spacial score (nSPS) is 16.0. The van der Waals surface area contributed by atoms with Crippen LogP contribution in [-0.2, 0) is 16.0 Å². The summed E-state index contributed by atoms with van der Waals surface area (Å²) in [4.78, 5) is 11.9. The average molecular weight is 337 g/mol. The van der Waals surface area contributed by atoms with E-state index in [4.69, 9.17) is 25.8 Å². The molecule has 23 heavy (non-hydrogen) atoms. The molecule has 1 heterocycles. The Balaban J connectivity index is 1.54. The molecule has 0 radical (unpaired) electrons. The molecule has 1 aliphatic rings. The van der Waals surface area contributed by atoms with Crippen LogP contribution in [0.2, 0.25) is 5.02 Å². The van der Waals surface area contributed by atoms with Gasteiger partial charge in [0, 0.05) is 10.6 Å². The van der Waals surface area contributed by atoms with Crippen molar-refractivity contribution in [1.29, 1.82) is 0 Å². The van der Waals surface area contributed by atoms with E-state index in [-0.39, 0.29) is 30.2 Å². The van der Waals surface area contributed by atoms with Crippen molar-refractivity contribution in [3.05, 3.63) is 58.9 Å². The van der Waals surface area contributed by atoms with Gasteiger partial charge in [-0.25, -0.2) is 4.39 Å². The quantitative estimate of drug-likeness (QED) is 0.803. The molecule has 0 aromatic heterocycles. The molecule has 2 aromatic rings. The lowest BCUT2D eigenvalue weighted by atomic mass is 10.1. The van der Waals surface area contributed by atoms with Gasteiger partial charge in [-0.05, 0) is 24.3 Å². The molecular formula is C17H14ClFO4. The van der Waals surface area contributed by atoms with Gasteiger partial charge in [0.1, 0.15) is 19.0 Å². The lowest BCUT2D eigenvalue weighted by Gasteiger charge is -2.26. The summed E-state index contributed by atoms with van der Waals surface area (Å²) in [6, 6.07) is 11.5. The Bertz CT molecular complexity index is 699. The van der Waals surface area contributed by atoms with Crippen molar-refractivity contribution in [3.63, 3.8) is 0 Å². The molecule has 1 aliphatic heterocycles. The molecule has 0 saturated carbocycles. The summed E-state index contributed by atoms with van der Waals surface area (Å²) < 4.78 is 30.0. The second kappa shape index (κ2) is 6.87. The van der Waals surface area contributed by atoms with Gasteiger partial charge >= 0.3 is 5.97 Å². The summed E-state index contributed by atoms with van der Waals surface area (Å²) in [6.07, 6.45) is -0.625. The molecule has 0 aliphatic carbocycles. The number of hydrogen-bond donors (Lipinski definition) is 0. The van der Waals surface area contributed by atoms with Crippen LogP contribution in [0, 0.1) is 5.82 Å². The molecule has 2 aromatic carbocycles. The van der Waals surface area contributed by atoms with E-state index < -0.39 is 17.9 Å². The zero-order valence-corrected chi connectivity index (χ0v) is 12.9. The third-order valence-electron chi connectivity index (χ3n) is 3.38. The first-order valence-corrected chi connectivity index (χ1v) is 7.48. The minimum absolute atomic E-state index is 0.0270. The number of rotatable bonds is 4. The van der Waals surface area contributed by atoms with Crippen molar-refractivity contribution in [2.45, 2.75) is 12.5 Å². The van der Waals surface area contributed by atoms with E-state index in [1.807, 2.05) is 12.1 Å². The molecule has 0 unspecified atom stereocenters. The van der Waals surface area contributed by atoms with Crippen molar-refractivity contribution >= 4 is 17.6 Å². The SMILES string of the molecule is O=C(Cc1c(F)cccc1Cl)OC[C@@H]1COc2ccccc2O1. The topological polar surface area (TPSA) is 44.8 Å². The molecule has 0 bridgehead atoms. The first-order chi connectivity index (χ1) is 11.1. The van der Waals surface area contributed by atoms with Gasteiger partial charge in [0.25, 0.3) is 0 Å². The van der Waals surface area contributed by atoms with Crippen LogP contribution in [-0.4, -0.2) is 25.3 Å². The molecule has 0 N–H and O–H groups in total. The van der Waals surface area contributed by atoms with Crippen molar-refractivity contribution in [2.24, 2.45) is 0 Å². The Kier molecular flexibility index (Phi) is 4.67. The van der Waals surface area contributed by atoms with E-state index >= 15 is 0 Å². The van der Waals surface area contributed by atoms with E-state index in [2.05, 4.69) is 0 Å². The molecule has 3 rings (SSSR count). The molecule has 1 atom stereocenters. The van der Waals surface area contributed by atoms with Crippen LogP contribution in [0.15, 0.2) is 42.5 Å². The first kappa shape index (κ1) is 15.6. The third-order valence-corrected chi connectivity index (χ3v) is 3.73. The maximum atomic E-state index is 13.6. The summed E-state index contributed by atoms with van der Waals surface area (Å²) in [5.41, 5.74) is 0.130. The van der Waals surface area contributed by atoms with Crippen molar-refractivity contribution < 1.29 is 23.4 Å². The standard InChI is InChI=1S/C17H14ClFO4/c18-13-4-3-5-14(19)12(13)8-17(20)22-10-11-9-21-15-6-1-2-7-16(15)23-11/h1-7,11H,8-10H2/t11-/m0/s1. The molecule has 4 nitrogen and oxygen atoms in total. The molecule has 0 amide bonds. The number of carbonyl (C=O) groups is 1. The predicted molar refractivity (Wildman–Crippen MR) is 82.4 cm³/mol. The first-order valence-electron chi connectivity index (χ1n) is 7.10. The van der Waals surface area contributed by atoms with Gasteiger partial charge in [-0.1, -0.05) is 29.8 Å². The molecule has 120 valence electrons. The number of halogens is 2. The third kappa shape index (κ3) is 3.74. The van der Waals surface area contributed by atoms with Gasteiger partial charge in [0.2, 0.25) is 0 Å². The highest BCUT2D eigenvalue weighted by molar-refractivity contribution is 6.31. The fourth-order valence-corrected chi connectivity index (χ4v) is 2.46. The fourth-order valence-electron chi connectivity index (χ4n) is 2.23. The van der Waals surface area contributed by atoms with Gasteiger partial charge in [-0.15, -0.1) is 0 Å². The highest BCUT2D eigenvalue weighted by Gasteiger charge is 2.22. The van der Waals surface area contributed by atoms with E-state index in [1.54, 1.807) is 12.1 Å². The maximum Gasteiger partial charge on any atom is 0.310 e. The molecule has 6 heteroatoms. The Hall–Kier alpha value is -2.27. The number of carbonyl (C=O) groups excluding carboxylic acids is 1. The second-order valence-corrected chi connectivity index (χ2v) is 5.46. The van der Waals surface area contributed by atoms with Gasteiger partial charge < -0.3 is 14.2 Å². The predicted octanol–water partition coefficient (Wildman–Crippen LogP) is 3.40. The fraction of sp³-hybridized carbons (Fsp3) is 0.235. The summed E-state index contributed by atoms with van der Waals surface area (Å²) in [6.45, 7) is 0.310. The molecule has 0 saturated heterocycles. The van der Waals surface area contributed by atoms with Gasteiger partial charge in [-0.3, -0.25) is 4.79 Å². The highest BCUT2D eigenvalue weighted by atomic mass is 35.5. The number of fused-ring (bicyclic) bond motifs is 1.